The molecule has 0 aliphatic carbocycles. The Morgan fingerprint density at radius 2 is 2.11 bits per heavy atom. The van der Waals surface area contributed by atoms with E-state index < -0.39 is 0 Å². The Bertz CT molecular complexity index is 505. The first-order chi connectivity index (χ1) is 8.61. The molecule has 18 heavy (non-hydrogen) atoms. The minimum Gasteiger partial charge on any atom is -0.369 e. The van der Waals surface area contributed by atoms with Crippen molar-refractivity contribution < 1.29 is 9.66 Å². The van der Waals surface area contributed by atoms with E-state index in [1.165, 1.54) is 0 Å². The van der Waals surface area contributed by atoms with Crippen LogP contribution in [0.2, 0.25) is 0 Å². The van der Waals surface area contributed by atoms with E-state index in [2.05, 4.69) is 6.58 Å². The Hall–Kier alpha value is -1.94. The Kier molecular flexibility index (Phi) is 3.58. The molecule has 1 aromatic carbocycles. The van der Waals surface area contributed by atoms with Gasteiger partial charge in [0.15, 0.2) is 0 Å². The van der Waals surface area contributed by atoms with E-state index in [-0.39, 0.29) is 23.1 Å². The van der Waals surface area contributed by atoms with E-state index in [9.17, 15) is 10.1 Å². The normalized spacial score (nSPS) is 19.7. The molecule has 0 aromatic heterocycles. The topological polar surface area (TPSA) is 52.4 Å². The SMILES string of the molecule is C=C(C)[C@@H]1COCC([N+](=O)[O-])=C1c1ccccc1. The maximum atomic E-state index is 11.1. The maximum Gasteiger partial charge on any atom is 0.276 e. The average Bonchev–Trinajstić information content (AvgIpc) is 2.38. The second-order valence-corrected chi connectivity index (χ2v) is 4.40. The van der Waals surface area contributed by atoms with Crippen molar-refractivity contribution in [1.29, 1.82) is 0 Å². The quantitative estimate of drug-likeness (QED) is 0.467. The van der Waals surface area contributed by atoms with Crippen molar-refractivity contribution in [2.45, 2.75) is 6.92 Å². The lowest BCUT2D eigenvalue weighted by Crippen LogP contribution is -2.25. The molecule has 94 valence electrons. The first kappa shape index (κ1) is 12.5. The maximum absolute atomic E-state index is 11.1. The van der Waals surface area contributed by atoms with E-state index in [1.54, 1.807) is 0 Å². The molecule has 0 spiro atoms. The lowest BCUT2D eigenvalue weighted by atomic mass is 9.85. The van der Waals surface area contributed by atoms with Crippen LogP contribution in [0.3, 0.4) is 0 Å². The van der Waals surface area contributed by atoms with Gasteiger partial charge in [-0.3, -0.25) is 10.1 Å². The molecule has 1 aliphatic rings. The van der Waals surface area contributed by atoms with E-state index in [0.29, 0.717) is 6.61 Å². The van der Waals surface area contributed by atoms with Gasteiger partial charge in [0.2, 0.25) is 0 Å². The van der Waals surface area contributed by atoms with Gasteiger partial charge in [-0.25, -0.2) is 0 Å². The van der Waals surface area contributed by atoms with Gasteiger partial charge in [-0.2, -0.15) is 0 Å². The molecule has 2 rings (SSSR count). The fraction of sp³-hybridized carbons (Fsp3) is 0.286. The van der Waals surface area contributed by atoms with E-state index >= 15 is 0 Å². The minimum atomic E-state index is -0.350. The molecule has 4 heteroatoms. The monoisotopic (exact) mass is 245 g/mol. The van der Waals surface area contributed by atoms with E-state index in [4.69, 9.17) is 4.74 Å². The summed E-state index contributed by atoms with van der Waals surface area (Å²) in [4.78, 5) is 10.8. The van der Waals surface area contributed by atoms with Gasteiger partial charge in [-0.1, -0.05) is 42.5 Å². The minimum absolute atomic E-state index is 0.0566. The summed E-state index contributed by atoms with van der Waals surface area (Å²) in [5.41, 5.74) is 2.63. The van der Waals surface area contributed by atoms with Crippen LogP contribution < -0.4 is 0 Å². The van der Waals surface area contributed by atoms with Crippen LogP contribution in [0.4, 0.5) is 0 Å². The van der Waals surface area contributed by atoms with Gasteiger partial charge in [0.25, 0.3) is 5.70 Å². The van der Waals surface area contributed by atoms with Crippen LogP contribution in [-0.2, 0) is 4.74 Å². The molecule has 1 aliphatic heterocycles. The average molecular weight is 245 g/mol. The third-order valence-corrected chi connectivity index (χ3v) is 3.08. The molecule has 0 unspecified atom stereocenters. The highest BCUT2D eigenvalue weighted by Gasteiger charge is 2.32. The molecule has 0 fully saturated rings. The number of hydrogen-bond acceptors (Lipinski definition) is 3. The number of ether oxygens (including phenoxy) is 1. The summed E-state index contributed by atoms with van der Waals surface area (Å²) < 4.78 is 5.31. The molecule has 0 bridgehead atoms. The summed E-state index contributed by atoms with van der Waals surface area (Å²) in [6.07, 6.45) is 0. The molecular formula is C14H15NO3. The highest BCUT2D eigenvalue weighted by atomic mass is 16.6. The standard InChI is InChI=1S/C14H15NO3/c1-10(2)12-8-18-9-13(15(16)17)14(12)11-6-4-3-5-7-11/h3-7,12H,1,8-9H2,2H3/t12-/m0/s1. The van der Waals surface area contributed by atoms with Crippen molar-refractivity contribution in [3.8, 4) is 0 Å². The Balaban J connectivity index is 2.58. The van der Waals surface area contributed by atoms with Crippen LogP contribution in [0, 0.1) is 16.0 Å². The predicted octanol–water partition coefficient (Wildman–Crippen LogP) is 2.90. The third-order valence-electron chi connectivity index (χ3n) is 3.08. The van der Waals surface area contributed by atoms with Gasteiger partial charge < -0.3 is 4.74 Å². The third kappa shape index (κ3) is 2.33. The first-order valence-corrected chi connectivity index (χ1v) is 5.77. The molecule has 1 aromatic rings. The fourth-order valence-electron chi connectivity index (χ4n) is 2.16. The lowest BCUT2D eigenvalue weighted by Gasteiger charge is -2.25. The van der Waals surface area contributed by atoms with Crippen LogP contribution in [0.5, 0.6) is 0 Å². The molecule has 4 nitrogen and oxygen atoms in total. The Morgan fingerprint density at radius 1 is 1.44 bits per heavy atom. The molecule has 0 saturated heterocycles. The van der Waals surface area contributed by atoms with Crippen LogP contribution in [0.25, 0.3) is 5.57 Å². The van der Waals surface area contributed by atoms with Gasteiger partial charge >= 0.3 is 0 Å². The molecular weight excluding hydrogens is 230 g/mol. The van der Waals surface area contributed by atoms with Crippen molar-refractivity contribution in [1.82, 2.24) is 0 Å². The summed E-state index contributed by atoms with van der Waals surface area (Å²) in [7, 11) is 0. The number of benzene rings is 1. The van der Waals surface area contributed by atoms with Crippen molar-refractivity contribution in [3.63, 3.8) is 0 Å². The summed E-state index contributed by atoms with van der Waals surface area (Å²) in [5, 5.41) is 11.1. The van der Waals surface area contributed by atoms with Gasteiger partial charge in [-0.05, 0) is 12.5 Å². The molecule has 0 N–H and O–H groups in total. The van der Waals surface area contributed by atoms with E-state index in [1.807, 2.05) is 37.3 Å². The zero-order valence-corrected chi connectivity index (χ0v) is 10.3. The second kappa shape index (κ2) is 5.14. The van der Waals surface area contributed by atoms with Crippen molar-refractivity contribution in [2.75, 3.05) is 13.2 Å². The smallest absolute Gasteiger partial charge is 0.276 e. The Labute approximate surface area is 106 Å². The van der Waals surface area contributed by atoms with E-state index in [0.717, 1.165) is 16.7 Å². The molecule has 1 atom stereocenters. The predicted molar refractivity (Wildman–Crippen MR) is 69.5 cm³/mol. The summed E-state index contributed by atoms with van der Waals surface area (Å²) >= 11 is 0. The van der Waals surface area contributed by atoms with Crippen molar-refractivity contribution in [2.24, 2.45) is 5.92 Å². The number of nitro groups is 1. The van der Waals surface area contributed by atoms with Gasteiger partial charge in [0.1, 0.15) is 6.61 Å². The van der Waals surface area contributed by atoms with Crippen molar-refractivity contribution >= 4 is 5.57 Å². The number of nitrogens with zero attached hydrogens (tertiary/aromatic N) is 1. The largest absolute Gasteiger partial charge is 0.369 e. The number of rotatable bonds is 3. The van der Waals surface area contributed by atoms with Crippen LogP contribution >= 0.6 is 0 Å². The highest BCUT2D eigenvalue weighted by Crippen LogP contribution is 2.34. The fourth-order valence-corrected chi connectivity index (χ4v) is 2.16. The van der Waals surface area contributed by atoms with Crippen molar-refractivity contribution in [3.05, 3.63) is 63.9 Å². The molecule has 0 saturated carbocycles. The second-order valence-electron chi connectivity index (χ2n) is 4.40. The van der Waals surface area contributed by atoms with Gasteiger partial charge in [0.05, 0.1) is 11.5 Å². The van der Waals surface area contributed by atoms with Crippen LogP contribution in [0.15, 0.2) is 48.2 Å². The summed E-state index contributed by atoms with van der Waals surface area (Å²) in [6.45, 7) is 6.30. The zero-order chi connectivity index (χ0) is 13.1. The zero-order valence-electron chi connectivity index (χ0n) is 10.3. The molecule has 1 heterocycles. The number of hydrogen-bond donors (Lipinski definition) is 0. The van der Waals surface area contributed by atoms with Gasteiger partial charge in [0, 0.05) is 11.5 Å². The van der Waals surface area contributed by atoms with Crippen LogP contribution in [-0.4, -0.2) is 18.1 Å². The van der Waals surface area contributed by atoms with Crippen LogP contribution in [0.1, 0.15) is 12.5 Å². The molecule has 0 radical (unpaired) electrons. The Morgan fingerprint density at radius 3 is 2.67 bits per heavy atom. The summed E-state index contributed by atoms with van der Waals surface area (Å²) in [6, 6.07) is 9.43. The highest BCUT2D eigenvalue weighted by molar-refractivity contribution is 5.72. The first-order valence-electron chi connectivity index (χ1n) is 5.77. The molecule has 0 amide bonds. The summed E-state index contributed by atoms with van der Waals surface area (Å²) in [5.74, 6) is -0.110. The van der Waals surface area contributed by atoms with Gasteiger partial charge in [-0.15, -0.1) is 0 Å². The lowest BCUT2D eigenvalue weighted by molar-refractivity contribution is -0.431.